The maximum absolute atomic E-state index is 5.31. The lowest BCUT2D eigenvalue weighted by Gasteiger charge is -2.19. The Labute approximate surface area is 89.5 Å². The number of nitrogens with one attached hydrogen (secondary N) is 1. The zero-order chi connectivity index (χ0) is 10.9. The van der Waals surface area contributed by atoms with Crippen LogP contribution >= 0.6 is 0 Å². The van der Waals surface area contributed by atoms with Crippen molar-refractivity contribution in [2.75, 3.05) is 11.9 Å². The van der Waals surface area contributed by atoms with Gasteiger partial charge >= 0.3 is 0 Å². The van der Waals surface area contributed by atoms with Crippen molar-refractivity contribution in [1.29, 1.82) is 0 Å². The molecule has 0 bridgehead atoms. The quantitative estimate of drug-likeness (QED) is 0.815. The lowest BCUT2D eigenvalue weighted by Crippen LogP contribution is -2.19. The lowest BCUT2D eigenvalue weighted by atomic mass is 9.97. The second kappa shape index (κ2) is 3.57. The van der Waals surface area contributed by atoms with Gasteiger partial charge in [-0.3, -0.25) is 0 Å². The molecule has 0 saturated heterocycles. The molecule has 0 amide bonds. The van der Waals surface area contributed by atoms with Crippen LogP contribution in [0.2, 0.25) is 0 Å². The summed E-state index contributed by atoms with van der Waals surface area (Å²) in [6.45, 7) is 7.46. The van der Waals surface area contributed by atoms with E-state index < -0.39 is 0 Å². The molecule has 3 nitrogen and oxygen atoms in total. The van der Waals surface area contributed by atoms with E-state index in [0.29, 0.717) is 0 Å². The van der Waals surface area contributed by atoms with Gasteiger partial charge in [0.1, 0.15) is 11.4 Å². The van der Waals surface area contributed by atoms with Crippen LogP contribution in [-0.2, 0) is 0 Å². The van der Waals surface area contributed by atoms with Gasteiger partial charge in [0.05, 0.1) is 11.6 Å². The van der Waals surface area contributed by atoms with Crippen LogP contribution in [0.3, 0.4) is 0 Å². The SMILES string of the molecule is CC(C)(C)CNc1nccc2occc12. The summed E-state index contributed by atoms with van der Waals surface area (Å²) in [6, 6.07) is 3.81. The average molecular weight is 204 g/mol. The van der Waals surface area contributed by atoms with E-state index in [1.165, 1.54) is 0 Å². The minimum Gasteiger partial charge on any atom is -0.464 e. The number of furan rings is 1. The van der Waals surface area contributed by atoms with Crippen LogP contribution in [0, 0.1) is 5.41 Å². The highest BCUT2D eigenvalue weighted by Gasteiger charge is 2.11. The molecule has 2 heterocycles. The molecule has 0 aliphatic carbocycles. The summed E-state index contributed by atoms with van der Waals surface area (Å²) in [7, 11) is 0. The molecule has 15 heavy (non-hydrogen) atoms. The molecule has 0 aliphatic heterocycles. The van der Waals surface area contributed by atoms with Crippen LogP contribution in [0.5, 0.6) is 0 Å². The number of nitrogens with zero attached hydrogens (tertiary/aromatic N) is 1. The number of rotatable bonds is 2. The fraction of sp³-hybridized carbons (Fsp3) is 0.417. The molecular formula is C12H16N2O. The number of anilines is 1. The molecule has 0 aromatic carbocycles. The normalized spacial score (nSPS) is 11.9. The fourth-order valence-electron chi connectivity index (χ4n) is 1.38. The van der Waals surface area contributed by atoms with Crippen LogP contribution in [0.25, 0.3) is 11.0 Å². The Morgan fingerprint density at radius 3 is 2.87 bits per heavy atom. The number of hydrogen-bond donors (Lipinski definition) is 1. The zero-order valence-electron chi connectivity index (χ0n) is 9.37. The van der Waals surface area contributed by atoms with Gasteiger partial charge in [0, 0.05) is 12.7 Å². The van der Waals surface area contributed by atoms with Crippen LogP contribution in [0.1, 0.15) is 20.8 Å². The van der Waals surface area contributed by atoms with E-state index in [4.69, 9.17) is 4.42 Å². The molecule has 0 fully saturated rings. The minimum absolute atomic E-state index is 0.244. The molecule has 0 unspecified atom stereocenters. The van der Waals surface area contributed by atoms with Crippen LogP contribution in [-0.4, -0.2) is 11.5 Å². The predicted octanol–water partition coefficient (Wildman–Crippen LogP) is 3.29. The molecular weight excluding hydrogens is 188 g/mol. The highest BCUT2D eigenvalue weighted by atomic mass is 16.3. The molecule has 0 atom stereocenters. The minimum atomic E-state index is 0.244. The predicted molar refractivity (Wildman–Crippen MR) is 62.0 cm³/mol. The Balaban J connectivity index is 2.24. The third-order valence-electron chi connectivity index (χ3n) is 2.17. The molecule has 0 saturated carbocycles. The molecule has 0 spiro atoms. The highest BCUT2D eigenvalue weighted by molar-refractivity contribution is 5.87. The zero-order valence-corrected chi connectivity index (χ0v) is 9.37. The molecule has 2 aromatic heterocycles. The van der Waals surface area contributed by atoms with E-state index >= 15 is 0 Å². The van der Waals surface area contributed by atoms with E-state index in [0.717, 1.165) is 23.3 Å². The van der Waals surface area contributed by atoms with E-state index in [1.54, 1.807) is 12.5 Å². The molecule has 1 N–H and O–H groups in total. The van der Waals surface area contributed by atoms with Gasteiger partial charge in [-0.25, -0.2) is 4.98 Å². The first-order valence-corrected chi connectivity index (χ1v) is 5.12. The second-order valence-corrected chi connectivity index (χ2v) is 4.91. The van der Waals surface area contributed by atoms with Crippen LogP contribution in [0.4, 0.5) is 5.82 Å². The molecule has 2 aromatic rings. The summed E-state index contributed by atoms with van der Waals surface area (Å²) in [4.78, 5) is 4.31. The maximum Gasteiger partial charge on any atom is 0.139 e. The van der Waals surface area contributed by atoms with Crippen molar-refractivity contribution in [2.45, 2.75) is 20.8 Å². The maximum atomic E-state index is 5.31. The summed E-state index contributed by atoms with van der Waals surface area (Å²) in [5.74, 6) is 0.899. The van der Waals surface area contributed by atoms with Gasteiger partial charge in [0.15, 0.2) is 0 Å². The number of fused-ring (bicyclic) bond motifs is 1. The second-order valence-electron chi connectivity index (χ2n) is 4.91. The van der Waals surface area contributed by atoms with Crippen molar-refractivity contribution in [1.82, 2.24) is 4.98 Å². The van der Waals surface area contributed by atoms with Crippen molar-refractivity contribution in [3.8, 4) is 0 Å². The summed E-state index contributed by atoms with van der Waals surface area (Å²) in [5, 5.41) is 4.39. The first-order valence-electron chi connectivity index (χ1n) is 5.12. The topological polar surface area (TPSA) is 38.1 Å². The Morgan fingerprint density at radius 1 is 1.33 bits per heavy atom. The van der Waals surface area contributed by atoms with Crippen molar-refractivity contribution in [2.24, 2.45) is 5.41 Å². The van der Waals surface area contributed by atoms with Crippen molar-refractivity contribution in [3.63, 3.8) is 0 Å². The van der Waals surface area contributed by atoms with E-state index in [2.05, 4.69) is 31.1 Å². The van der Waals surface area contributed by atoms with Gasteiger partial charge in [-0.2, -0.15) is 0 Å². The van der Waals surface area contributed by atoms with E-state index in [9.17, 15) is 0 Å². The fourth-order valence-corrected chi connectivity index (χ4v) is 1.38. The summed E-state index contributed by atoms with van der Waals surface area (Å²) in [6.07, 6.45) is 3.45. The van der Waals surface area contributed by atoms with Gasteiger partial charge < -0.3 is 9.73 Å². The molecule has 3 heteroatoms. The van der Waals surface area contributed by atoms with Crippen molar-refractivity contribution >= 4 is 16.8 Å². The lowest BCUT2D eigenvalue weighted by molar-refractivity contribution is 0.442. The third kappa shape index (κ3) is 2.29. The van der Waals surface area contributed by atoms with Crippen LogP contribution in [0.15, 0.2) is 29.0 Å². The first kappa shape index (κ1) is 10.0. The van der Waals surface area contributed by atoms with Gasteiger partial charge in [-0.15, -0.1) is 0 Å². The molecule has 2 rings (SSSR count). The molecule has 80 valence electrons. The van der Waals surface area contributed by atoms with Crippen molar-refractivity contribution in [3.05, 3.63) is 24.6 Å². The third-order valence-corrected chi connectivity index (χ3v) is 2.17. The van der Waals surface area contributed by atoms with Crippen LogP contribution < -0.4 is 5.32 Å². The summed E-state index contributed by atoms with van der Waals surface area (Å²) < 4.78 is 5.31. The number of hydrogen-bond acceptors (Lipinski definition) is 3. The van der Waals surface area contributed by atoms with Gasteiger partial charge in [-0.05, 0) is 17.5 Å². The Morgan fingerprint density at radius 2 is 2.13 bits per heavy atom. The largest absolute Gasteiger partial charge is 0.464 e. The monoisotopic (exact) mass is 204 g/mol. The Hall–Kier alpha value is -1.51. The number of aromatic nitrogens is 1. The molecule has 0 aliphatic rings. The first-order chi connectivity index (χ1) is 7.06. The van der Waals surface area contributed by atoms with Gasteiger partial charge in [-0.1, -0.05) is 20.8 Å². The smallest absolute Gasteiger partial charge is 0.139 e. The summed E-state index contributed by atoms with van der Waals surface area (Å²) in [5.41, 5.74) is 1.12. The Kier molecular flexibility index (Phi) is 2.39. The van der Waals surface area contributed by atoms with E-state index in [1.807, 2.05) is 12.1 Å². The number of pyridine rings is 1. The average Bonchev–Trinajstić information content (AvgIpc) is 2.61. The van der Waals surface area contributed by atoms with Crippen molar-refractivity contribution < 1.29 is 4.42 Å². The Bertz CT molecular complexity index is 454. The standard InChI is InChI=1S/C12H16N2O/c1-12(2,3)8-14-11-9-5-7-15-10(9)4-6-13-11/h4-7H,8H2,1-3H3,(H,13,14). The van der Waals surface area contributed by atoms with Gasteiger partial charge in [0.25, 0.3) is 0 Å². The highest BCUT2D eigenvalue weighted by Crippen LogP contribution is 2.23. The molecule has 0 radical (unpaired) electrons. The summed E-state index contributed by atoms with van der Waals surface area (Å²) >= 11 is 0. The van der Waals surface area contributed by atoms with E-state index in [-0.39, 0.29) is 5.41 Å². The van der Waals surface area contributed by atoms with Gasteiger partial charge in [0.2, 0.25) is 0 Å².